The molecule has 9 nitrogen and oxygen atoms in total. The zero-order chi connectivity index (χ0) is 34.1. The molecular weight excluding hydrogens is 652 g/mol. The van der Waals surface area contributed by atoms with Crippen molar-refractivity contribution in [2.75, 3.05) is 25.4 Å². The van der Waals surface area contributed by atoms with E-state index in [1.807, 2.05) is 42.7 Å². The van der Waals surface area contributed by atoms with Crippen LogP contribution in [-0.2, 0) is 21.7 Å². The SMILES string of the molecule is CC(=O)N(CCCCCSc1ccc(Cl)c(COC2(c3cnccc3-c3ccccc3OC3CC3)CC2)c1)CC(O)C(O)C(O)CCO. The molecule has 3 unspecified atom stereocenters. The molecule has 48 heavy (non-hydrogen) atoms. The van der Waals surface area contributed by atoms with E-state index in [1.165, 1.54) is 11.8 Å². The molecule has 2 aliphatic rings. The molecule has 1 amide bonds. The molecule has 2 saturated carbocycles. The molecule has 4 N–H and O–H groups in total. The summed E-state index contributed by atoms with van der Waals surface area (Å²) in [6.07, 6.45) is 6.63. The van der Waals surface area contributed by atoms with Crippen molar-refractivity contribution in [1.82, 2.24) is 9.88 Å². The number of carbonyl (C=O) groups excluding carboxylic acids is 1. The minimum atomic E-state index is -1.43. The van der Waals surface area contributed by atoms with Crippen molar-refractivity contribution >= 4 is 29.3 Å². The molecule has 260 valence electrons. The normalized spacial score (nSPS) is 17.0. The highest BCUT2D eigenvalue weighted by Crippen LogP contribution is 2.53. The molecule has 3 aromatic rings. The summed E-state index contributed by atoms with van der Waals surface area (Å²) in [5, 5.41) is 39.8. The first-order valence-corrected chi connectivity index (χ1v) is 18.2. The van der Waals surface area contributed by atoms with Crippen LogP contribution in [-0.4, -0.2) is 86.1 Å². The van der Waals surface area contributed by atoms with Crippen molar-refractivity contribution in [2.24, 2.45) is 0 Å². The Morgan fingerprint density at radius 2 is 1.85 bits per heavy atom. The van der Waals surface area contributed by atoms with Gasteiger partial charge in [0.2, 0.25) is 5.91 Å². The molecule has 1 aromatic heterocycles. The minimum Gasteiger partial charge on any atom is -0.490 e. The lowest BCUT2D eigenvalue weighted by molar-refractivity contribution is -0.133. The summed E-state index contributed by atoms with van der Waals surface area (Å²) < 4.78 is 12.9. The summed E-state index contributed by atoms with van der Waals surface area (Å²) in [5.41, 5.74) is 3.76. The zero-order valence-electron chi connectivity index (χ0n) is 27.5. The number of rotatable bonds is 20. The number of unbranched alkanes of at least 4 members (excludes halogenated alkanes) is 2. The van der Waals surface area contributed by atoms with Crippen LogP contribution in [0.4, 0.5) is 0 Å². The molecule has 1 heterocycles. The van der Waals surface area contributed by atoms with Crippen LogP contribution in [0.3, 0.4) is 0 Å². The van der Waals surface area contributed by atoms with Crippen molar-refractivity contribution in [1.29, 1.82) is 0 Å². The fourth-order valence-corrected chi connectivity index (χ4v) is 6.91. The number of aromatic nitrogens is 1. The molecule has 2 aliphatic carbocycles. The Bertz CT molecular complexity index is 1500. The van der Waals surface area contributed by atoms with Crippen LogP contribution in [0.5, 0.6) is 5.75 Å². The van der Waals surface area contributed by atoms with Gasteiger partial charge in [0, 0.05) is 60.1 Å². The lowest BCUT2D eigenvalue weighted by Crippen LogP contribution is -2.46. The molecule has 0 bridgehead atoms. The fraction of sp³-hybridized carbons (Fsp3) is 0.514. The molecule has 11 heteroatoms. The highest BCUT2D eigenvalue weighted by molar-refractivity contribution is 7.99. The van der Waals surface area contributed by atoms with Crippen LogP contribution in [0.1, 0.15) is 69.4 Å². The Morgan fingerprint density at radius 1 is 1.06 bits per heavy atom. The number of nitrogens with zero attached hydrogens (tertiary/aromatic N) is 2. The van der Waals surface area contributed by atoms with E-state index in [4.69, 9.17) is 26.2 Å². The number of para-hydroxylation sites is 1. The van der Waals surface area contributed by atoms with Crippen molar-refractivity contribution in [3.05, 3.63) is 77.1 Å². The first-order valence-electron chi connectivity index (χ1n) is 16.9. The van der Waals surface area contributed by atoms with E-state index < -0.39 is 23.9 Å². The zero-order valence-corrected chi connectivity index (χ0v) is 29.0. The maximum absolute atomic E-state index is 12.1. The average molecular weight is 699 g/mol. The Kier molecular flexibility index (Phi) is 13.2. The number of benzene rings is 2. The number of ether oxygens (including phenoxy) is 2. The third-order valence-electron chi connectivity index (χ3n) is 8.94. The summed E-state index contributed by atoms with van der Waals surface area (Å²) >= 11 is 8.38. The Morgan fingerprint density at radius 3 is 2.58 bits per heavy atom. The lowest BCUT2D eigenvalue weighted by Gasteiger charge is -2.28. The van der Waals surface area contributed by atoms with Gasteiger partial charge in [-0.3, -0.25) is 9.78 Å². The van der Waals surface area contributed by atoms with E-state index in [-0.39, 0.29) is 25.5 Å². The van der Waals surface area contributed by atoms with Gasteiger partial charge in [0.1, 0.15) is 11.9 Å². The van der Waals surface area contributed by atoms with Gasteiger partial charge in [-0.25, -0.2) is 0 Å². The number of aliphatic hydroxyl groups is 4. The van der Waals surface area contributed by atoms with E-state index in [9.17, 15) is 20.1 Å². The van der Waals surface area contributed by atoms with Gasteiger partial charge in [-0.2, -0.15) is 0 Å². The standard InChI is InChI=1S/C37H47ClN2O7S/c1-25(42)40(23-34(44)36(45)33(43)14-19-41)18-5-2-6-20-48-28-11-12-32(38)26(21-28)24-46-37(15-16-37)31-22-39-17-13-29(31)30-7-3-4-8-35(30)47-27-9-10-27/h3-4,7-8,11-13,17,21-22,27,33-34,36,41,43-45H,2,5-6,9-10,14-16,18-20,23-24H2,1H3. The molecule has 3 atom stereocenters. The Hall–Kier alpha value is -2.70. The van der Waals surface area contributed by atoms with E-state index in [0.717, 1.165) is 83.6 Å². The smallest absolute Gasteiger partial charge is 0.219 e. The van der Waals surface area contributed by atoms with Crippen LogP contribution in [0.25, 0.3) is 11.1 Å². The summed E-state index contributed by atoms with van der Waals surface area (Å²) in [6.45, 7) is 1.88. The first-order chi connectivity index (χ1) is 23.2. The van der Waals surface area contributed by atoms with Crippen LogP contribution >= 0.6 is 23.4 Å². The summed E-state index contributed by atoms with van der Waals surface area (Å²) in [5.74, 6) is 1.59. The number of hydrogen-bond acceptors (Lipinski definition) is 9. The van der Waals surface area contributed by atoms with Gasteiger partial charge < -0.3 is 34.8 Å². The number of hydrogen-bond donors (Lipinski definition) is 4. The summed E-state index contributed by atoms with van der Waals surface area (Å²) in [6, 6.07) is 16.3. The molecule has 0 radical (unpaired) electrons. The summed E-state index contributed by atoms with van der Waals surface area (Å²) in [4.78, 5) is 19.2. The molecule has 0 aliphatic heterocycles. The van der Waals surface area contributed by atoms with Gasteiger partial charge in [0.25, 0.3) is 0 Å². The van der Waals surface area contributed by atoms with Crippen LogP contribution in [0.2, 0.25) is 5.02 Å². The predicted octanol–water partition coefficient (Wildman–Crippen LogP) is 5.73. The van der Waals surface area contributed by atoms with E-state index in [1.54, 1.807) is 11.8 Å². The molecular formula is C37H47ClN2O7S. The third-order valence-corrected chi connectivity index (χ3v) is 10.4. The Labute approximate surface area is 292 Å². The lowest BCUT2D eigenvalue weighted by atomic mass is 9.96. The van der Waals surface area contributed by atoms with Gasteiger partial charge >= 0.3 is 0 Å². The number of aliphatic hydroxyl groups excluding tert-OH is 4. The van der Waals surface area contributed by atoms with Crippen molar-refractivity contribution < 1.29 is 34.7 Å². The molecule has 2 fully saturated rings. The minimum absolute atomic E-state index is 0.0446. The average Bonchev–Trinajstić information content (AvgIpc) is 4.03. The second kappa shape index (κ2) is 17.3. The van der Waals surface area contributed by atoms with E-state index in [0.29, 0.717) is 24.3 Å². The molecule has 0 saturated heterocycles. The second-order valence-corrected chi connectivity index (χ2v) is 14.4. The van der Waals surface area contributed by atoms with Gasteiger partial charge in [-0.15, -0.1) is 11.8 Å². The highest BCUT2D eigenvalue weighted by atomic mass is 35.5. The highest BCUT2D eigenvalue weighted by Gasteiger charge is 2.48. The number of halogens is 1. The number of thioether (sulfide) groups is 1. The summed E-state index contributed by atoms with van der Waals surface area (Å²) in [7, 11) is 0. The molecule has 2 aromatic carbocycles. The van der Waals surface area contributed by atoms with Gasteiger partial charge in [-0.1, -0.05) is 36.2 Å². The van der Waals surface area contributed by atoms with Gasteiger partial charge in [0.05, 0.1) is 30.5 Å². The fourth-order valence-electron chi connectivity index (χ4n) is 5.76. The van der Waals surface area contributed by atoms with Crippen molar-refractivity contribution in [3.63, 3.8) is 0 Å². The Balaban J connectivity index is 1.11. The second-order valence-electron chi connectivity index (χ2n) is 12.8. The largest absolute Gasteiger partial charge is 0.490 e. The number of pyridine rings is 1. The van der Waals surface area contributed by atoms with Crippen LogP contribution in [0, 0.1) is 0 Å². The predicted molar refractivity (Wildman–Crippen MR) is 187 cm³/mol. The monoisotopic (exact) mass is 698 g/mol. The van der Waals surface area contributed by atoms with Gasteiger partial charge in [0.15, 0.2) is 0 Å². The maximum atomic E-state index is 12.1. The third kappa shape index (κ3) is 9.94. The van der Waals surface area contributed by atoms with Crippen LogP contribution in [0.15, 0.2) is 65.8 Å². The first kappa shape index (κ1) is 36.6. The van der Waals surface area contributed by atoms with Gasteiger partial charge in [-0.05, 0) is 92.2 Å². The van der Waals surface area contributed by atoms with Crippen LogP contribution < -0.4 is 4.74 Å². The van der Waals surface area contributed by atoms with Crippen molar-refractivity contribution in [3.8, 4) is 16.9 Å². The van der Waals surface area contributed by atoms with Crippen molar-refractivity contribution in [2.45, 2.75) is 99.8 Å². The molecule has 5 rings (SSSR count). The van der Waals surface area contributed by atoms with E-state index >= 15 is 0 Å². The maximum Gasteiger partial charge on any atom is 0.219 e. The topological polar surface area (TPSA) is 133 Å². The number of carbonyl (C=O) groups is 1. The molecule has 0 spiro atoms. The van der Waals surface area contributed by atoms with E-state index in [2.05, 4.69) is 23.2 Å². The quantitative estimate of drug-likeness (QED) is 0.0864. The number of amides is 1.